The molecule has 0 spiro atoms. The molecule has 0 aliphatic carbocycles. The zero-order valence-corrected chi connectivity index (χ0v) is 18.4. The maximum Gasteiger partial charge on any atom is 0.209 e. The zero-order valence-electron chi connectivity index (χ0n) is 15.2. The molecule has 0 aromatic rings. The molecule has 2 atom stereocenters. The van der Waals surface area contributed by atoms with E-state index in [4.69, 9.17) is 0 Å². The van der Waals surface area contributed by atoms with E-state index in [1.54, 1.807) is 0 Å². The van der Waals surface area contributed by atoms with Crippen molar-refractivity contribution in [2.45, 2.75) is 46.6 Å². The Morgan fingerprint density at radius 1 is 1.26 bits per heavy atom. The van der Waals surface area contributed by atoms with Crippen LogP contribution in [0.2, 0.25) is 0 Å². The van der Waals surface area contributed by atoms with E-state index in [0.29, 0.717) is 18.4 Å². The van der Waals surface area contributed by atoms with Crippen molar-refractivity contribution in [1.29, 1.82) is 0 Å². The average molecular weight is 460 g/mol. The third-order valence-corrected chi connectivity index (χ3v) is 4.51. The number of nitrogens with zero attached hydrogens (tertiary/aromatic N) is 2. The molecule has 0 amide bonds. The number of rotatable bonds is 5. The fourth-order valence-corrected chi connectivity index (χ4v) is 4.14. The third-order valence-electron chi connectivity index (χ3n) is 3.59. The fraction of sp³-hybridized carbons (Fsp3) is 0.933. The van der Waals surface area contributed by atoms with Crippen molar-refractivity contribution in [3.05, 3.63) is 0 Å². The van der Waals surface area contributed by atoms with Crippen molar-refractivity contribution >= 4 is 40.0 Å². The van der Waals surface area contributed by atoms with Gasteiger partial charge in [-0.1, -0.05) is 13.8 Å². The summed E-state index contributed by atoms with van der Waals surface area (Å²) in [5.41, 5.74) is -0.596. The molecule has 0 saturated carbocycles. The number of hydrogen-bond donors (Lipinski definition) is 2. The SMILES string of the molecule is CCNC(=NCC(C)(C)NS(C)(=O)=O)N1CC(C)CC(C)C1.I. The lowest BCUT2D eigenvalue weighted by Gasteiger charge is -2.37. The summed E-state index contributed by atoms with van der Waals surface area (Å²) >= 11 is 0. The molecule has 138 valence electrons. The van der Waals surface area contributed by atoms with Gasteiger partial charge in [-0.05, 0) is 39.0 Å². The van der Waals surface area contributed by atoms with Crippen LogP contribution in [0.5, 0.6) is 0 Å². The molecule has 0 radical (unpaired) electrons. The fourth-order valence-electron chi connectivity index (χ4n) is 3.07. The van der Waals surface area contributed by atoms with Crippen LogP contribution < -0.4 is 10.0 Å². The Labute approximate surface area is 159 Å². The predicted octanol–water partition coefficient (Wildman–Crippen LogP) is 1.88. The van der Waals surface area contributed by atoms with Crippen LogP contribution in [0.25, 0.3) is 0 Å². The Balaban J connectivity index is 0.00000484. The molecule has 0 aromatic carbocycles. The monoisotopic (exact) mass is 460 g/mol. The van der Waals surface area contributed by atoms with Crippen LogP contribution in [0.15, 0.2) is 4.99 Å². The molecule has 1 aliphatic rings. The van der Waals surface area contributed by atoms with E-state index in [2.05, 4.69) is 33.8 Å². The highest BCUT2D eigenvalue weighted by Crippen LogP contribution is 2.21. The van der Waals surface area contributed by atoms with Crippen LogP contribution in [-0.4, -0.2) is 57.3 Å². The molecule has 2 N–H and O–H groups in total. The van der Waals surface area contributed by atoms with E-state index in [-0.39, 0.29) is 24.0 Å². The second-order valence-corrected chi connectivity index (χ2v) is 9.03. The van der Waals surface area contributed by atoms with Crippen molar-refractivity contribution in [3.8, 4) is 0 Å². The van der Waals surface area contributed by atoms with Gasteiger partial charge in [0.25, 0.3) is 0 Å². The molecule has 1 aliphatic heterocycles. The Morgan fingerprint density at radius 2 is 1.78 bits per heavy atom. The number of halogens is 1. The predicted molar refractivity (Wildman–Crippen MR) is 108 cm³/mol. The Hall–Kier alpha value is -0.0900. The van der Waals surface area contributed by atoms with E-state index in [1.807, 2.05) is 20.8 Å². The Bertz CT molecular complexity index is 484. The van der Waals surface area contributed by atoms with E-state index >= 15 is 0 Å². The van der Waals surface area contributed by atoms with E-state index in [0.717, 1.165) is 25.6 Å². The van der Waals surface area contributed by atoms with Gasteiger partial charge in [0, 0.05) is 25.2 Å². The summed E-state index contributed by atoms with van der Waals surface area (Å²) < 4.78 is 25.5. The second-order valence-electron chi connectivity index (χ2n) is 7.28. The maximum atomic E-state index is 11.4. The number of aliphatic imine (C=N–C) groups is 1. The van der Waals surface area contributed by atoms with Crippen LogP contribution in [0.4, 0.5) is 0 Å². The largest absolute Gasteiger partial charge is 0.357 e. The first-order valence-electron chi connectivity index (χ1n) is 8.04. The van der Waals surface area contributed by atoms with Gasteiger partial charge in [-0.3, -0.25) is 4.99 Å². The van der Waals surface area contributed by atoms with Gasteiger partial charge >= 0.3 is 0 Å². The maximum absolute atomic E-state index is 11.4. The lowest BCUT2D eigenvalue weighted by molar-refractivity contribution is 0.208. The van der Waals surface area contributed by atoms with E-state index in [1.165, 1.54) is 12.7 Å². The standard InChI is InChI=1S/C15H32N4O2S.HI/c1-7-16-14(19-9-12(2)8-13(3)10-19)17-11-15(4,5)18-22(6,20)21;/h12-13,18H,7-11H2,1-6H3,(H,16,17);1H. The third kappa shape index (κ3) is 9.09. The summed E-state index contributed by atoms with van der Waals surface area (Å²) in [6.45, 7) is 13.5. The van der Waals surface area contributed by atoms with Crippen LogP contribution in [0.3, 0.4) is 0 Å². The normalized spacial score (nSPS) is 23.4. The quantitative estimate of drug-likeness (QED) is 0.373. The molecule has 2 unspecified atom stereocenters. The molecule has 1 fully saturated rings. The van der Waals surface area contributed by atoms with Crippen molar-refractivity contribution in [2.75, 3.05) is 32.4 Å². The summed E-state index contributed by atoms with van der Waals surface area (Å²) in [6.07, 6.45) is 2.43. The number of nitrogens with one attached hydrogen (secondary N) is 2. The summed E-state index contributed by atoms with van der Waals surface area (Å²) in [6, 6.07) is 0. The van der Waals surface area contributed by atoms with Gasteiger partial charge in [0.2, 0.25) is 10.0 Å². The Kier molecular flexibility index (Phi) is 9.37. The van der Waals surface area contributed by atoms with Gasteiger partial charge < -0.3 is 10.2 Å². The highest BCUT2D eigenvalue weighted by atomic mass is 127. The van der Waals surface area contributed by atoms with Gasteiger partial charge in [-0.25, -0.2) is 13.1 Å². The van der Waals surface area contributed by atoms with Crippen molar-refractivity contribution in [1.82, 2.24) is 14.9 Å². The summed E-state index contributed by atoms with van der Waals surface area (Å²) in [5.74, 6) is 2.17. The van der Waals surface area contributed by atoms with Gasteiger partial charge in [0.1, 0.15) is 0 Å². The highest BCUT2D eigenvalue weighted by Gasteiger charge is 2.26. The molecule has 1 rings (SSSR count). The number of hydrogen-bond acceptors (Lipinski definition) is 3. The summed E-state index contributed by atoms with van der Waals surface area (Å²) in [7, 11) is -3.24. The van der Waals surface area contributed by atoms with Crippen molar-refractivity contribution < 1.29 is 8.42 Å². The van der Waals surface area contributed by atoms with Crippen molar-refractivity contribution in [3.63, 3.8) is 0 Å². The topological polar surface area (TPSA) is 73.8 Å². The minimum atomic E-state index is -3.24. The number of likely N-dealkylation sites (tertiary alicyclic amines) is 1. The smallest absolute Gasteiger partial charge is 0.209 e. The second kappa shape index (κ2) is 9.41. The van der Waals surface area contributed by atoms with E-state index < -0.39 is 15.6 Å². The van der Waals surface area contributed by atoms with Crippen LogP contribution in [0, 0.1) is 11.8 Å². The number of sulfonamides is 1. The van der Waals surface area contributed by atoms with Crippen molar-refractivity contribution in [2.24, 2.45) is 16.8 Å². The molecule has 0 bridgehead atoms. The Morgan fingerprint density at radius 3 is 2.22 bits per heavy atom. The lowest BCUT2D eigenvalue weighted by atomic mass is 9.92. The molecule has 6 nitrogen and oxygen atoms in total. The highest BCUT2D eigenvalue weighted by molar-refractivity contribution is 14.0. The van der Waals surface area contributed by atoms with E-state index in [9.17, 15) is 8.42 Å². The molecule has 1 saturated heterocycles. The molecule has 23 heavy (non-hydrogen) atoms. The molecule has 0 aromatic heterocycles. The van der Waals surface area contributed by atoms with Gasteiger partial charge in [0.15, 0.2) is 5.96 Å². The van der Waals surface area contributed by atoms with Gasteiger partial charge in [0.05, 0.1) is 12.8 Å². The minimum absolute atomic E-state index is 0. The van der Waals surface area contributed by atoms with Gasteiger partial charge in [-0.15, -0.1) is 24.0 Å². The summed E-state index contributed by atoms with van der Waals surface area (Å²) in [4.78, 5) is 6.96. The van der Waals surface area contributed by atoms with Crippen LogP contribution >= 0.6 is 24.0 Å². The first-order valence-corrected chi connectivity index (χ1v) is 9.93. The minimum Gasteiger partial charge on any atom is -0.357 e. The first kappa shape index (κ1) is 22.9. The van der Waals surface area contributed by atoms with Crippen LogP contribution in [-0.2, 0) is 10.0 Å². The lowest BCUT2D eigenvalue weighted by Crippen LogP contribution is -2.50. The number of guanidine groups is 1. The molecule has 1 heterocycles. The molecule has 8 heteroatoms. The summed E-state index contributed by atoms with van der Waals surface area (Å²) in [5, 5.41) is 3.33. The van der Waals surface area contributed by atoms with Gasteiger partial charge in [-0.2, -0.15) is 0 Å². The number of piperidine rings is 1. The zero-order chi connectivity index (χ0) is 17.0. The molecular weight excluding hydrogens is 427 g/mol. The molecular formula is C15H33IN4O2S. The average Bonchev–Trinajstić information content (AvgIpc) is 2.30. The first-order chi connectivity index (χ1) is 10.0. The van der Waals surface area contributed by atoms with Crippen LogP contribution in [0.1, 0.15) is 41.0 Å².